The molecule has 1 aliphatic rings. The molecule has 172 valence electrons. The van der Waals surface area contributed by atoms with Crippen molar-refractivity contribution in [3.8, 4) is 0 Å². The molecular formula is C19H39IN4O4S. The molecule has 0 aromatic rings. The molecule has 0 bridgehead atoms. The van der Waals surface area contributed by atoms with Gasteiger partial charge in [-0.3, -0.25) is 4.99 Å². The van der Waals surface area contributed by atoms with Crippen molar-refractivity contribution in [1.29, 1.82) is 0 Å². The van der Waals surface area contributed by atoms with Crippen LogP contribution in [-0.4, -0.2) is 75.7 Å². The monoisotopic (exact) mass is 546 g/mol. The number of rotatable bonds is 7. The number of ether oxygens (including phenoxy) is 1. The molecule has 8 nitrogen and oxygen atoms in total. The summed E-state index contributed by atoms with van der Waals surface area (Å²) in [5.74, 6) is 1.65. The van der Waals surface area contributed by atoms with Crippen LogP contribution in [0.1, 0.15) is 47.5 Å². The largest absolute Gasteiger partial charge is 0.444 e. The summed E-state index contributed by atoms with van der Waals surface area (Å²) < 4.78 is 28.5. The zero-order valence-corrected chi connectivity index (χ0v) is 22.0. The Morgan fingerprint density at radius 1 is 1.31 bits per heavy atom. The van der Waals surface area contributed by atoms with Crippen molar-refractivity contribution in [2.45, 2.75) is 59.1 Å². The highest BCUT2D eigenvalue weighted by Crippen LogP contribution is 2.17. The molecule has 2 unspecified atom stereocenters. The number of hydrogen-bond acceptors (Lipinski definition) is 5. The summed E-state index contributed by atoms with van der Waals surface area (Å²) in [5, 5.41) is 6.23. The molecule has 1 fully saturated rings. The second-order valence-corrected chi connectivity index (χ2v) is 11.1. The Morgan fingerprint density at radius 2 is 1.93 bits per heavy atom. The molecule has 1 amide bonds. The maximum Gasteiger partial charge on any atom is 0.407 e. The molecule has 0 radical (unpaired) electrons. The van der Waals surface area contributed by atoms with Crippen LogP contribution in [-0.2, 0) is 14.6 Å². The van der Waals surface area contributed by atoms with Crippen LogP contribution in [0, 0.1) is 11.8 Å². The van der Waals surface area contributed by atoms with Gasteiger partial charge in [-0.15, -0.1) is 24.0 Å². The van der Waals surface area contributed by atoms with Gasteiger partial charge in [-0.25, -0.2) is 13.2 Å². The number of carbonyl (C=O) groups excluding carboxylic acids is 1. The van der Waals surface area contributed by atoms with Crippen LogP contribution in [0.15, 0.2) is 4.99 Å². The summed E-state index contributed by atoms with van der Waals surface area (Å²) in [4.78, 5) is 18.4. The van der Waals surface area contributed by atoms with Gasteiger partial charge >= 0.3 is 6.09 Å². The first-order valence-electron chi connectivity index (χ1n) is 9.94. The fraction of sp³-hybridized carbons (Fsp3) is 0.895. The molecule has 1 heterocycles. The van der Waals surface area contributed by atoms with Gasteiger partial charge in [0, 0.05) is 33.2 Å². The predicted octanol–water partition coefficient (Wildman–Crippen LogP) is 2.49. The smallest absolute Gasteiger partial charge is 0.407 e. The number of carbonyl (C=O) groups is 1. The van der Waals surface area contributed by atoms with E-state index in [-0.39, 0.29) is 53.4 Å². The SMILES string of the molecule is CN=C(NCC1CCS(=O)(=O)C1)N(C)CCC(NC(=O)OC(C)(C)C)C(C)C.I. The molecule has 2 N–H and O–H groups in total. The Morgan fingerprint density at radius 3 is 2.38 bits per heavy atom. The van der Waals surface area contributed by atoms with Crippen molar-refractivity contribution in [3.05, 3.63) is 0 Å². The van der Waals surface area contributed by atoms with Gasteiger partial charge in [0.2, 0.25) is 0 Å². The van der Waals surface area contributed by atoms with Gasteiger partial charge in [0.1, 0.15) is 5.60 Å². The van der Waals surface area contributed by atoms with Crippen molar-refractivity contribution in [2.75, 3.05) is 38.7 Å². The molecule has 29 heavy (non-hydrogen) atoms. The van der Waals surface area contributed by atoms with E-state index in [1.807, 2.05) is 32.7 Å². The van der Waals surface area contributed by atoms with E-state index in [9.17, 15) is 13.2 Å². The topological polar surface area (TPSA) is 100 Å². The number of amides is 1. The average Bonchev–Trinajstić information content (AvgIpc) is 2.89. The molecular weight excluding hydrogens is 507 g/mol. The third-order valence-corrected chi connectivity index (χ3v) is 6.57. The number of hydrogen-bond donors (Lipinski definition) is 2. The Hall–Kier alpha value is -0.780. The molecule has 0 aromatic carbocycles. The van der Waals surface area contributed by atoms with E-state index in [0.29, 0.717) is 19.5 Å². The van der Waals surface area contributed by atoms with Crippen LogP contribution in [0.5, 0.6) is 0 Å². The molecule has 0 spiro atoms. The number of nitrogens with zero attached hydrogens (tertiary/aromatic N) is 2. The van der Waals surface area contributed by atoms with E-state index in [4.69, 9.17) is 4.74 Å². The lowest BCUT2D eigenvalue weighted by Gasteiger charge is -2.29. The van der Waals surface area contributed by atoms with E-state index in [2.05, 4.69) is 29.5 Å². The summed E-state index contributed by atoms with van der Waals surface area (Å²) in [5.41, 5.74) is -0.526. The second kappa shape index (κ2) is 12.2. The van der Waals surface area contributed by atoms with Gasteiger partial charge in [-0.05, 0) is 45.4 Å². The number of halogens is 1. The maximum absolute atomic E-state index is 12.1. The standard InChI is InChI=1S/C19H38N4O4S.HI/c1-14(2)16(22-18(24)27-19(3,4)5)8-10-23(7)17(20-6)21-12-15-9-11-28(25,26)13-15;/h14-16H,8-13H2,1-7H3,(H,20,21)(H,22,24);1H. The van der Waals surface area contributed by atoms with Crippen molar-refractivity contribution >= 4 is 45.9 Å². The van der Waals surface area contributed by atoms with Crippen LogP contribution in [0.4, 0.5) is 4.79 Å². The molecule has 1 saturated heterocycles. The molecule has 0 aromatic heterocycles. The highest BCUT2D eigenvalue weighted by Gasteiger charge is 2.28. The lowest BCUT2D eigenvalue weighted by atomic mass is 10.0. The van der Waals surface area contributed by atoms with Gasteiger partial charge in [0.25, 0.3) is 0 Å². The predicted molar refractivity (Wildman–Crippen MR) is 129 cm³/mol. The van der Waals surface area contributed by atoms with E-state index in [1.165, 1.54) is 0 Å². The quantitative estimate of drug-likeness (QED) is 0.289. The third-order valence-electron chi connectivity index (χ3n) is 4.73. The van der Waals surface area contributed by atoms with E-state index in [1.54, 1.807) is 7.05 Å². The zero-order chi connectivity index (χ0) is 21.5. The maximum atomic E-state index is 12.1. The molecule has 0 saturated carbocycles. The fourth-order valence-corrected chi connectivity index (χ4v) is 4.98. The van der Waals surface area contributed by atoms with Gasteiger partial charge in [-0.1, -0.05) is 13.8 Å². The summed E-state index contributed by atoms with van der Waals surface area (Å²) >= 11 is 0. The summed E-state index contributed by atoms with van der Waals surface area (Å²) in [6.07, 6.45) is 1.04. The number of guanidine groups is 1. The lowest BCUT2D eigenvalue weighted by molar-refractivity contribution is 0.0485. The Bertz CT molecular complexity index is 647. The highest BCUT2D eigenvalue weighted by atomic mass is 127. The van der Waals surface area contributed by atoms with Crippen LogP contribution in [0.3, 0.4) is 0 Å². The van der Waals surface area contributed by atoms with Crippen LogP contribution in [0.25, 0.3) is 0 Å². The summed E-state index contributed by atoms with van der Waals surface area (Å²) in [6.45, 7) is 11.0. The average molecular weight is 547 g/mol. The number of sulfone groups is 1. The molecule has 1 rings (SSSR count). The minimum Gasteiger partial charge on any atom is -0.444 e. The molecule has 10 heteroatoms. The van der Waals surface area contributed by atoms with Crippen molar-refractivity contribution in [1.82, 2.24) is 15.5 Å². The first-order valence-corrected chi connectivity index (χ1v) is 11.8. The van der Waals surface area contributed by atoms with Gasteiger partial charge in [0.05, 0.1) is 11.5 Å². The van der Waals surface area contributed by atoms with E-state index < -0.39 is 21.5 Å². The van der Waals surface area contributed by atoms with Gasteiger partial charge in [0.15, 0.2) is 15.8 Å². The number of aliphatic imine (C=N–C) groups is 1. The fourth-order valence-electron chi connectivity index (χ4n) is 3.12. The minimum atomic E-state index is -2.87. The lowest BCUT2D eigenvalue weighted by Crippen LogP contribution is -2.46. The van der Waals surface area contributed by atoms with E-state index >= 15 is 0 Å². The number of nitrogens with one attached hydrogen (secondary N) is 2. The normalized spacial score (nSPS) is 20.0. The van der Waals surface area contributed by atoms with Crippen molar-refractivity contribution in [2.24, 2.45) is 16.8 Å². The molecule has 1 aliphatic heterocycles. The van der Waals surface area contributed by atoms with Crippen molar-refractivity contribution in [3.63, 3.8) is 0 Å². The Labute approximate surface area is 193 Å². The van der Waals surface area contributed by atoms with Crippen molar-refractivity contribution < 1.29 is 17.9 Å². The Kier molecular flexibility index (Phi) is 11.8. The molecule has 0 aliphatic carbocycles. The van der Waals surface area contributed by atoms with Crippen LogP contribution in [0.2, 0.25) is 0 Å². The number of alkyl carbamates (subject to hydrolysis) is 1. The first-order chi connectivity index (χ1) is 12.8. The Balaban J connectivity index is 0.00000784. The highest BCUT2D eigenvalue weighted by molar-refractivity contribution is 14.0. The van der Waals surface area contributed by atoms with Crippen LogP contribution < -0.4 is 10.6 Å². The summed E-state index contributed by atoms with van der Waals surface area (Å²) in [7, 11) is 0.776. The third kappa shape index (κ3) is 11.3. The molecule has 2 atom stereocenters. The van der Waals surface area contributed by atoms with Crippen LogP contribution >= 0.6 is 24.0 Å². The first kappa shape index (κ1) is 28.2. The summed E-state index contributed by atoms with van der Waals surface area (Å²) in [6, 6.07) is -0.0182. The van der Waals surface area contributed by atoms with E-state index in [0.717, 1.165) is 12.4 Å². The minimum absolute atomic E-state index is 0. The zero-order valence-electron chi connectivity index (χ0n) is 18.8. The second-order valence-electron chi connectivity index (χ2n) is 8.90. The van der Waals surface area contributed by atoms with Gasteiger partial charge < -0.3 is 20.3 Å². The van der Waals surface area contributed by atoms with Gasteiger partial charge in [-0.2, -0.15) is 0 Å².